The maximum atomic E-state index is 12.5. The second kappa shape index (κ2) is 7.72. The van der Waals surface area contributed by atoms with Crippen LogP contribution in [0.1, 0.15) is 22.4 Å². The molecule has 0 atom stereocenters. The van der Waals surface area contributed by atoms with Crippen molar-refractivity contribution < 1.29 is 4.79 Å². The summed E-state index contributed by atoms with van der Waals surface area (Å²) in [4.78, 5) is 21.3. The van der Waals surface area contributed by atoms with Crippen molar-refractivity contribution in [1.29, 1.82) is 0 Å². The lowest BCUT2D eigenvalue weighted by Crippen LogP contribution is -2.14. The largest absolute Gasteiger partial charge is 0.326 e. The van der Waals surface area contributed by atoms with E-state index in [0.29, 0.717) is 0 Å². The van der Waals surface area contributed by atoms with Crippen LogP contribution in [0.5, 0.6) is 0 Å². The van der Waals surface area contributed by atoms with Gasteiger partial charge in [0.2, 0.25) is 5.91 Å². The molecule has 1 aliphatic carbocycles. The molecule has 2 N–H and O–H groups in total. The minimum Gasteiger partial charge on any atom is -0.326 e. The zero-order valence-corrected chi connectivity index (χ0v) is 17.3. The van der Waals surface area contributed by atoms with Gasteiger partial charge >= 0.3 is 0 Å². The Bertz CT molecular complexity index is 1250. The number of fused-ring (bicyclic) bond motifs is 3. The molecular formula is C24H20N4OS. The summed E-state index contributed by atoms with van der Waals surface area (Å²) in [7, 11) is 0. The number of thiazole rings is 1. The van der Waals surface area contributed by atoms with Gasteiger partial charge < -0.3 is 10.6 Å². The first-order valence-electron chi connectivity index (χ1n) is 9.79. The van der Waals surface area contributed by atoms with Crippen LogP contribution in [-0.2, 0) is 17.6 Å². The molecule has 0 unspecified atom stereocenters. The van der Waals surface area contributed by atoms with Gasteiger partial charge in [-0.05, 0) is 65.4 Å². The van der Waals surface area contributed by atoms with Gasteiger partial charge in [0, 0.05) is 17.3 Å². The molecule has 0 radical (unpaired) electrons. The minimum absolute atomic E-state index is 0.0732. The van der Waals surface area contributed by atoms with Gasteiger partial charge in [-0.25, -0.2) is 9.97 Å². The van der Waals surface area contributed by atoms with Crippen molar-refractivity contribution in [2.45, 2.75) is 19.8 Å². The molecule has 1 aliphatic rings. The van der Waals surface area contributed by atoms with Crippen LogP contribution >= 0.6 is 11.3 Å². The van der Waals surface area contributed by atoms with E-state index in [2.05, 4.69) is 57.0 Å². The Kier molecular flexibility index (Phi) is 4.77. The van der Waals surface area contributed by atoms with Gasteiger partial charge in [-0.3, -0.25) is 4.79 Å². The number of anilines is 3. The van der Waals surface area contributed by atoms with E-state index in [0.717, 1.165) is 34.3 Å². The van der Waals surface area contributed by atoms with Crippen molar-refractivity contribution in [1.82, 2.24) is 9.97 Å². The molecule has 2 aromatic heterocycles. The highest BCUT2D eigenvalue weighted by Crippen LogP contribution is 2.37. The van der Waals surface area contributed by atoms with Gasteiger partial charge in [0.25, 0.3) is 0 Å². The van der Waals surface area contributed by atoms with Crippen molar-refractivity contribution in [3.05, 3.63) is 88.6 Å². The smallest absolute Gasteiger partial charge is 0.230 e. The van der Waals surface area contributed by atoms with Crippen molar-refractivity contribution in [3.8, 4) is 11.1 Å². The maximum absolute atomic E-state index is 12.5. The number of nitrogens with zero attached hydrogens (tertiary/aromatic N) is 2. The minimum atomic E-state index is -0.0732. The molecule has 2 heterocycles. The van der Waals surface area contributed by atoms with Gasteiger partial charge in [0.15, 0.2) is 5.13 Å². The zero-order valence-electron chi connectivity index (χ0n) is 16.5. The normalized spacial score (nSPS) is 11.6. The highest BCUT2D eigenvalue weighted by molar-refractivity contribution is 7.13. The Balaban J connectivity index is 1.23. The van der Waals surface area contributed by atoms with E-state index in [9.17, 15) is 4.79 Å². The molecular weight excluding hydrogens is 392 g/mol. The number of carbonyl (C=O) groups excluding carboxylic acids is 1. The molecule has 0 fully saturated rings. The molecule has 0 saturated heterocycles. The maximum Gasteiger partial charge on any atom is 0.230 e. The zero-order chi connectivity index (χ0) is 20.5. The summed E-state index contributed by atoms with van der Waals surface area (Å²) in [6.45, 7) is 2.02. The molecule has 0 spiro atoms. The molecule has 148 valence electrons. The lowest BCUT2D eigenvalue weighted by Gasteiger charge is -2.07. The number of carbonyl (C=O) groups is 1. The van der Waals surface area contributed by atoms with Crippen LogP contribution in [-0.4, -0.2) is 15.9 Å². The first-order valence-corrected chi connectivity index (χ1v) is 10.7. The second-order valence-electron chi connectivity index (χ2n) is 7.42. The summed E-state index contributed by atoms with van der Waals surface area (Å²) >= 11 is 1.47. The van der Waals surface area contributed by atoms with Crippen LogP contribution in [0.4, 0.5) is 16.6 Å². The Morgan fingerprint density at radius 2 is 1.93 bits per heavy atom. The van der Waals surface area contributed by atoms with E-state index in [1.165, 1.54) is 33.6 Å². The highest BCUT2D eigenvalue weighted by atomic mass is 32.1. The monoisotopic (exact) mass is 412 g/mol. The first kappa shape index (κ1) is 18.5. The predicted molar refractivity (Wildman–Crippen MR) is 121 cm³/mol. The fraction of sp³-hybridized carbons (Fsp3) is 0.125. The summed E-state index contributed by atoms with van der Waals surface area (Å²) in [5, 5.41) is 8.82. The average Bonchev–Trinajstić information content (AvgIpc) is 3.31. The Labute approximate surface area is 178 Å². The SMILES string of the molecule is Cc1ccnc(Nc2nc(CC(=O)Nc3ccc4c(c3)Cc3ccccc3-4)cs2)c1. The van der Waals surface area contributed by atoms with E-state index in [1.807, 2.05) is 30.5 Å². The third-order valence-electron chi connectivity index (χ3n) is 5.12. The standard InChI is InChI=1S/C24H20N4OS/c1-15-8-9-25-22(10-15)28-24-27-19(14-30-24)13-23(29)26-18-6-7-21-17(12-18)11-16-4-2-3-5-20(16)21/h2-10,12,14H,11,13H2,1H3,(H,26,29)(H,25,27,28). The number of benzene rings is 2. The predicted octanol–water partition coefficient (Wildman–Crippen LogP) is 5.34. The second-order valence-corrected chi connectivity index (χ2v) is 8.28. The van der Waals surface area contributed by atoms with Gasteiger partial charge in [-0.2, -0.15) is 0 Å². The van der Waals surface area contributed by atoms with Crippen LogP contribution < -0.4 is 10.6 Å². The molecule has 0 saturated carbocycles. The number of pyridine rings is 1. The van der Waals surface area contributed by atoms with Crippen molar-refractivity contribution in [2.24, 2.45) is 0 Å². The summed E-state index contributed by atoms with van der Waals surface area (Å²) in [5.41, 5.74) is 7.81. The van der Waals surface area contributed by atoms with Crippen molar-refractivity contribution >= 4 is 33.9 Å². The van der Waals surface area contributed by atoms with E-state index in [1.54, 1.807) is 6.20 Å². The topological polar surface area (TPSA) is 66.9 Å². The average molecular weight is 413 g/mol. The fourth-order valence-corrected chi connectivity index (χ4v) is 4.47. The highest BCUT2D eigenvalue weighted by Gasteiger charge is 2.18. The summed E-state index contributed by atoms with van der Waals surface area (Å²) in [6, 6.07) is 18.5. The van der Waals surface area contributed by atoms with Crippen LogP contribution in [0.25, 0.3) is 11.1 Å². The van der Waals surface area contributed by atoms with Gasteiger partial charge in [0.05, 0.1) is 12.1 Å². The van der Waals surface area contributed by atoms with Crippen LogP contribution in [0.2, 0.25) is 0 Å². The third kappa shape index (κ3) is 3.82. The van der Waals surface area contributed by atoms with Gasteiger partial charge in [-0.1, -0.05) is 30.3 Å². The number of aromatic nitrogens is 2. The molecule has 30 heavy (non-hydrogen) atoms. The van der Waals surface area contributed by atoms with Crippen molar-refractivity contribution in [2.75, 3.05) is 10.6 Å². The lowest BCUT2D eigenvalue weighted by atomic mass is 10.1. The molecule has 0 bridgehead atoms. The number of rotatable bonds is 5. The van der Waals surface area contributed by atoms with Gasteiger partial charge in [-0.15, -0.1) is 11.3 Å². The van der Waals surface area contributed by atoms with E-state index in [4.69, 9.17) is 0 Å². The van der Waals surface area contributed by atoms with Crippen molar-refractivity contribution in [3.63, 3.8) is 0 Å². The molecule has 0 aliphatic heterocycles. The van der Waals surface area contributed by atoms with Gasteiger partial charge in [0.1, 0.15) is 5.82 Å². The first-order chi connectivity index (χ1) is 14.6. The van der Waals surface area contributed by atoms with Crippen LogP contribution in [0, 0.1) is 6.92 Å². The summed E-state index contributed by atoms with van der Waals surface area (Å²) < 4.78 is 0. The number of aryl methyl sites for hydroxylation is 1. The third-order valence-corrected chi connectivity index (χ3v) is 5.93. The Morgan fingerprint density at radius 3 is 2.83 bits per heavy atom. The lowest BCUT2D eigenvalue weighted by molar-refractivity contribution is -0.115. The van der Waals surface area contributed by atoms with E-state index >= 15 is 0 Å². The Morgan fingerprint density at radius 1 is 1.07 bits per heavy atom. The number of hydrogen-bond donors (Lipinski definition) is 2. The quantitative estimate of drug-likeness (QED) is 0.409. The summed E-state index contributed by atoms with van der Waals surface area (Å²) in [6.07, 6.45) is 2.90. The number of hydrogen-bond acceptors (Lipinski definition) is 5. The molecule has 2 aromatic carbocycles. The molecule has 5 nitrogen and oxygen atoms in total. The Hall–Kier alpha value is -3.51. The van der Waals surface area contributed by atoms with Crippen LogP contribution in [0.3, 0.4) is 0 Å². The molecule has 4 aromatic rings. The van der Waals surface area contributed by atoms with E-state index < -0.39 is 0 Å². The van der Waals surface area contributed by atoms with Crippen LogP contribution in [0.15, 0.2) is 66.2 Å². The fourth-order valence-electron chi connectivity index (χ4n) is 3.75. The summed E-state index contributed by atoms with van der Waals surface area (Å²) in [5.74, 6) is 0.676. The molecule has 1 amide bonds. The van der Waals surface area contributed by atoms with E-state index in [-0.39, 0.29) is 12.3 Å². The molecule has 6 heteroatoms. The number of amides is 1. The molecule has 5 rings (SSSR count). The number of nitrogens with one attached hydrogen (secondary N) is 2.